The molecule has 28 heavy (non-hydrogen) atoms. The normalized spacial score (nSPS) is 11.4. The summed E-state index contributed by atoms with van der Waals surface area (Å²) in [6.45, 7) is 1.78. The summed E-state index contributed by atoms with van der Waals surface area (Å²) >= 11 is 8.96. The standard InChI is InChI=1S/C18H14BrClF3NO4/c1-2-28-14(26)7-6-13(25)16-17(27)11(19)8-12(24-16)9-4-3-5-10(15(9)20)18(21,22)23/h3-5,8,27H,2,6-7H2,1H3. The highest BCUT2D eigenvalue weighted by Crippen LogP contribution is 2.41. The summed E-state index contributed by atoms with van der Waals surface area (Å²) in [5.41, 5.74) is -1.54. The molecule has 0 amide bonds. The maximum absolute atomic E-state index is 13.1. The van der Waals surface area contributed by atoms with E-state index in [9.17, 15) is 27.9 Å². The number of esters is 1. The third-order valence-electron chi connectivity index (χ3n) is 3.65. The maximum Gasteiger partial charge on any atom is 0.417 e. The van der Waals surface area contributed by atoms with Crippen LogP contribution in [0.2, 0.25) is 5.02 Å². The Balaban J connectivity index is 2.44. The molecule has 0 atom stereocenters. The second-order valence-electron chi connectivity index (χ2n) is 5.58. The van der Waals surface area contributed by atoms with Crippen LogP contribution in [0.5, 0.6) is 5.75 Å². The van der Waals surface area contributed by atoms with E-state index in [0.717, 1.165) is 12.1 Å². The van der Waals surface area contributed by atoms with Crippen LogP contribution < -0.4 is 0 Å². The summed E-state index contributed by atoms with van der Waals surface area (Å²) in [5, 5.41) is 9.52. The monoisotopic (exact) mass is 479 g/mol. The lowest BCUT2D eigenvalue weighted by Crippen LogP contribution is -2.10. The highest BCUT2D eigenvalue weighted by Gasteiger charge is 2.34. The van der Waals surface area contributed by atoms with Gasteiger partial charge in [-0.1, -0.05) is 23.7 Å². The van der Waals surface area contributed by atoms with Gasteiger partial charge in [0.15, 0.2) is 11.5 Å². The fraction of sp³-hybridized carbons (Fsp3) is 0.278. The zero-order chi connectivity index (χ0) is 21.1. The highest BCUT2D eigenvalue weighted by molar-refractivity contribution is 9.10. The van der Waals surface area contributed by atoms with Crippen LogP contribution in [0.1, 0.15) is 35.8 Å². The molecule has 1 N–H and O–H groups in total. The van der Waals surface area contributed by atoms with Crippen LogP contribution in [0.4, 0.5) is 13.2 Å². The SMILES string of the molecule is CCOC(=O)CCC(=O)c1nc(-c2cccc(C(F)(F)F)c2Cl)cc(Br)c1O. The molecule has 0 aliphatic heterocycles. The van der Waals surface area contributed by atoms with Crippen LogP contribution in [-0.4, -0.2) is 28.4 Å². The number of hydrogen-bond acceptors (Lipinski definition) is 5. The summed E-state index contributed by atoms with van der Waals surface area (Å²) in [6.07, 6.45) is -5.18. The van der Waals surface area contributed by atoms with Crippen molar-refractivity contribution >= 4 is 39.3 Å². The van der Waals surface area contributed by atoms with Gasteiger partial charge in [0.1, 0.15) is 5.69 Å². The number of nitrogens with zero attached hydrogens (tertiary/aromatic N) is 1. The third kappa shape index (κ3) is 5.02. The summed E-state index contributed by atoms with van der Waals surface area (Å²) in [5.74, 6) is -1.75. The Morgan fingerprint density at radius 3 is 2.57 bits per heavy atom. The van der Waals surface area contributed by atoms with Crippen LogP contribution in [0.3, 0.4) is 0 Å². The van der Waals surface area contributed by atoms with Gasteiger partial charge in [-0.3, -0.25) is 9.59 Å². The second kappa shape index (κ2) is 8.91. The van der Waals surface area contributed by atoms with Crippen LogP contribution >= 0.6 is 27.5 Å². The van der Waals surface area contributed by atoms with Gasteiger partial charge in [-0.15, -0.1) is 0 Å². The Morgan fingerprint density at radius 1 is 1.29 bits per heavy atom. The minimum Gasteiger partial charge on any atom is -0.504 e. The molecule has 0 saturated heterocycles. The first kappa shape index (κ1) is 22.2. The number of benzene rings is 1. The predicted octanol–water partition coefficient (Wildman–Crippen LogP) is 5.41. The number of hydrogen-bond donors (Lipinski definition) is 1. The van der Waals surface area contributed by atoms with E-state index in [1.54, 1.807) is 6.92 Å². The first-order chi connectivity index (χ1) is 13.1. The molecule has 0 saturated carbocycles. The number of alkyl halides is 3. The predicted molar refractivity (Wildman–Crippen MR) is 99.2 cm³/mol. The summed E-state index contributed by atoms with van der Waals surface area (Å²) < 4.78 is 44.0. The smallest absolute Gasteiger partial charge is 0.417 e. The largest absolute Gasteiger partial charge is 0.504 e. The number of aromatic hydroxyl groups is 1. The van der Waals surface area contributed by atoms with Crippen LogP contribution in [0, 0.1) is 0 Å². The number of Topliss-reactive ketones (excluding diaryl/α,β-unsaturated/α-hetero) is 1. The lowest BCUT2D eigenvalue weighted by molar-refractivity contribution is -0.143. The van der Waals surface area contributed by atoms with Crippen molar-refractivity contribution in [2.75, 3.05) is 6.61 Å². The molecule has 5 nitrogen and oxygen atoms in total. The van der Waals surface area contributed by atoms with Crippen molar-refractivity contribution in [3.63, 3.8) is 0 Å². The quantitative estimate of drug-likeness (QED) is 0.442. The van der Waals surface area contributed by atoms with Crippen molar-refractivity contribution in [2.24, 2.45) is 0 Å². The number of halogens is 5. The Bertz CT molecular complexity index is 918. The Hall–Kier alpha value is -2.13. The molecular formula is C18H14BrClF3NO4. The van der Waals surface area contributed by atoms with Crippen molar-refractivity contribution in [3.8, 4) is 17.0 Å². The lowest BCUT2D eigenvalue weighted by atomic mass is 10.0. The van der Waals surface area contributed by atoms with Crippen molar-refractivity contribution < 1.29 is 32.6 Å². The first-order valence-corrected chi connectivity index (χ1v) is 9.17. The Kier molecular flexibility index (Phi) is 7.06. The zero-order valence-electron chi connectivity index (χ0n) is 14.4. The van der Waals surface area contributed by atoms with Crippen molar-refractivity contribution in [3.05, 3.63) is 45.0 Å². The summed E-state index contributed by atoms with van der Waals surface area (Å²) in [4.78, 5) is 27.7. The molecule has 2 aromatic rings. The fourth-order valence-electron chi connectivity index (χ4n) is 2.36. The molecule has 2 rings (SSSR count). The number of ketones is 1. The number of ether oxygens (including phenoxy) is 1. The van der Waals surface area contributed by atoms with Gasteiger partial charge in [-0.2, -0.15) is 13.2 Å². The second-order valence-corrected chi connectivity index (χ2v) is 6.81. The van der Waals surface area contributed by atoms with Gasteiger partial charge >= 0.3 is 12.1 Å². The van der Waals surface area contributed by atoms with Crippen LogP contribution in [-0.2, 0) is 15.7 Å². The Labute approximate surface area is 171 Å². The van der Waals surface area contributed by atoms with E-state index >= 15 is 0 Å². The van der Waals surface area contributed by atoms with E-state index in [2.05, 4.69) is 20.9 Å². The van der Waals surface area contributed by atoms with E-state index in [4.69, 9.17) is 16.3 Å². The molecule has 0 aliphatic carbocycles. The van der Waals surface area contributed by atoms with E-state index < -0.39 is 34.3 Å². The molecule has 10 heteroatoms. The lowest BCUT2D eigenvalue weighted by Gasteiger charge is -2.13. The Morgan fingerprint density at radius 2 is 1.96 bits per heavy atom. The molecule has 0 radical (unpaired) electrons. The third-order valence-corrected chi connectivity index (χ3v) is 4.66. The van der Waals surface area contributed by atoms with Crippen molar-refractivity contribution in [2.45, 2.75) is 25.9 Å². The summed E-state index contributed by atoms with van der Waals surface area (Å²) in [7, 11) is 0. The van der Waals surface area contributed by atoms with E-state index in [1.807, 2.05) is 0 Å². The number of carbonyl (C=O) groups is 2. The van der Waals surface area contributed by atoms with Gasteiger partial charge in [0.2, 0.25) is 0 Å². The number of pyridine rings is 1. The van der Waals surface area contributed by atoms with Gasteiger partial charge < -0.3 is 9.84 Å². The van der Waals surface area contributed by atoms with E-state index in [1.165, 1.54) is 12.1 Å². The van der Waals surface area contributed by atoms with Gasteiger partial charge in [0.25, 0.3) is 0 Å². The van der Waals surface area contributed by atoms with Gasteiger partial charge in [-0.25, -0.2) is 4.98 Å². The number of rotatable bonds is 6. The molecule has 0 spiro atoms. The average Bonchev–Trinajstić information content (AvgIpc) is 2.61. The highest BCUT2D eigenvalue weighted by atomic mass is 79.9. The van der Waals surface area contributed by atoms with Crippen LogP contribution in [0.15, 0.2) is 28.7 Å². The van der Waals surface area contributed by atoms with Crippen molar-refractivity contribution in [1.82, 2.24) is 4.98 Å². The molecule has 0 bridgehead atoms. The molecule has 1 aromatic heterocycles. The molecule has 0 fully saturated rings. The molecule has 1 heterocycles. The average molecular weight is 481 g/mol. The van der Waals surface area contributed by atoms with Gasteiger partial charge in [0.05, 0.1) is 33.8 Å². The van der Waals surface area contributed by atoms with Gasteiger partial charge in [-0.05, 0) is 35.0 Å². The van der Waals surface area contributed by atoms with Crippen molar-refractivity contribution in [1.29, 1.82) is 0 Å². The fourth-order valence-corrected chi connectivity index (χ4v) is 3.09. The molecule has 150 valence electrons. The number of aromatic nitrogens is 1. The summed E-state index contributed by atoms with van der Waals surface area (Å²) in [6, 6.07) is 4.55. The molecule has 0 unspecified atom stereocenters. The maximum atomic E-state index is 13.1. The zero-order valence-corrected chi connectivity index (χ0v) is 16.8. The molecular weight excluding hydrogens is 467 g/mol. The first-order valence-electron chi connectivity index (χ1n) is 8.00. The van der Waals surface area contributed by atoms with E-state index in [0.29, 0.717) is 0 Å². The minimum absolute atomic E-state index is 0.0414. The number of carbonyl (C=O) groups excluding carboxylic acids is 2. The van der Waals surface area contributed by atoms with E-state index in [-0.39, 0.29) is 40.9 Å². The van der Waals surface area contributed by atoms with Gasteiger partial charge in [0, 0.05) is 12.0 Å². The van der Waals surface area contributed by atoms with Crippen LogP contribution in [0.25, 0.3) is 11.3 Å². The minimum atomic E-state index is -4.67. The molecule has 1 aromatic carbocycles. The molecule has 0 aliphatic rings. The topological polar surface area (TPSA) is 76.5 Å².